The van der Waals surface area contributed by atoms with Crippen molar-refractivity contribution >= 4 is 23.5 Å². The van der Waals surface area contributed by atoms with Crippen LogP contribution in [0.25, 0.3) is 0 Å². The molecule has 0 aromatic heterocycles. The van der Waals surface area contributed by atoms with Crippen LogP contribution in [-0.2, 0) is 19.7 Å². The van der Waals surface area contributed by atoms with Crippen molar-refractivity contribution in [1.29, 1.82) is 0 Å². The smallest absolute Gasteiger partial charge is 0.308 e. The van der Waals surface area contributed by atoms with Crippen LogP contribution >= 0.6 is 11.6 Å². The number of ether oxygens (including phenoxy) is 1. The standard InChI is InChI=1S/C19H26ClNO3/c1-4-19(5-2,15-6-8-16(20)9-7-15)18(23)21-12-10-14(11-13-21)17(22)24-3/h6-9,14H,4-5,10-13H2,1-3H3. The van der Waals surface area contributed by atoms with Crippen molar-refractivity contribution in [2.24, 2.45) is 5.92 Å². The molecule has 0 radical (unpaired) electrons. The van der Waals surface area contributed by atoms with Crippen LogP contribution in [0, 0.1) is 5.92 Å². The van der Waals surface area contributed by atoms with E-state index in [0.29, 0.717) is 31.0 Å². The predicted molar refractivity (Wildman–Crippen MR) is 95.0 cm³/mol. The second-order valence-electron chi connectivity index (χ2n) is 6.39. The maximum Gasteiger partial charge on any atom is 0.308 e. The van der Waals surface area contributed by atoms with Crippen molar-refractivity contribution in [3.05, 3.63) is 34.9 Å². The lowest BCUT2D eigenvalue weighted by molar-refractivity contribution is -0.150. The summed E-state index contributed by atoms with van der Waals surface area (Å²) in [6.07, 6.45) is 2.81. The van der Waals surface area contributed by atoms with Crippen LogP contribution in [-0.4, -0.2) is 37.0 Å². The van der Waals surface area contributed by atoms with Gasteiger partial charge in [-0.05, 0) is 43.4 Å². The fraction of sp³-hybridized carbons (Fsp3) is 0.579. The van der Waals surface area contributed by atoms with E-state index in [1.54, 1.807) is 0 Å². The van der Waals surface area contributed by atoms with E-state index in [2.05, 4.69) is 13.8 Å². The largest absolute Gasteiger partial charge is 0.469 e. The van der Waals surface area contributed by atoms with Gasteiger partial charge in [0.15, 0.2) is 0 Å². The van der Waals surface area contributed by atoms with Crippen LogP contribution in [0.2, 0.25) is 5.02 Å². The molecule has 0 spiro atoms. The van der Waals surface area contributed by atoms with Gasteiger partial charge in [-0.25, -0.2) is 0 Å². The normalized spacial score (nSPS) is 16.1. The molecule has 0 aliphatic carbocycles. The van der Waals surface area contributed by atoms with E-state index >= 15 is 0 Å². The molecule has 4 nitrogen and oxygen atoms in total. The third kappa shape index (κ3) is 3.59. The molecular weight excluding hydrogens is 326 g/mol. The van der Waals surface area contributed by atoms with Crippen molar-refractivity contribution < 1.29 is 14.3 Å². The monoisotopic (exact) mass is 351 g/mol. The van der Waals surface area contributed by atoms with E-state index in [0.717, 1.165) is 18.4 Å². The van der Waals surface area contributed by atoms with Gasteiger partial charge in [-0.3, -0.25) is 9.59 Å². The first-order chi connectivity index (χ1) is 11.5. The van der Waals surface area contributed by atoms with Gasteiger partial charge in [0.25, 0.3) is 0 Å². The molecule has 0 N–H and O–H groups in total. The predicted octanol–water partition coefficient (Wildman–Crippen LogP) is 3.81. The van der Waals surface area contributed by atoms with E-state index in [9.17, 15) is 9.59 Å². The average molecular weight is 352 g/mol. The number of halogens is 1. The molecule has 1 aliphatic rings. The number of hydrogen-bond acceptors (Lipinski definition) is 3. The first-order valence-electron chi connectivity index (χ1n) is 8.61. The minimum Gasteiger partial charge on any atom is -0.469 e. The van der Waals surface area contributed by atoms with Gasteiger partial charge in [-0.2, -0.15) is 0 Å². The fourth-order valence-corrected chi connectivity index (χ4v) is 3.77. The van der Waals surface area contributed by atoms with Crippen LogP contribution in [0.3, 0.4) is 0 Å². The Bertz CT molecular complexity index is 573. The van der Waals surface area contributed by atoms with Crippen molar-refractivity contribution in [1.82, 2.24) is 4.90 Å². The minimum absolute atomic E-state index is 0.0905. The molecule has 24 heavy (non-hydrogen) atoms. The van der Waals surface area contributed by atoms with Gasteiger partial charge in [-0.15, -0.1) is 0 Å². The summed E-state index contributed by atoms with van der Waals surface area (Å²) in [6, 6.07) is 7.59. The Balaban J connectivity index is 2.18. The summed E-state index contributed by atoms with van der Waals surface area (Å²) in [7, 11) is 1.42. The number of hydrogen-bond donors (Lipinski definition) is 0. The molecular formula is C19H26ClNO3. The number of rotatable bonds is 5. The molecule has 1 fully saturated rings. The highest BCUT2D eigenvalue weighted by Crippen LogP contribution is 2.35. The van der Waals surface area contributed by atoms with E-state index < -0.39 is 5.41 Å². The summed E-state index contributed by atoms with van der Waals surface area (Å²) in [4.78, 5) is 26.9. The van der Waals surface area contributed by atoms with E-state index in [4.69, 9.17) is 16.3 Å². The third-order valence-electron chi connectivity index (χ3n) is 5.33. The van der Waals surface area contributed by atoms with Gasteiger partial charge in [0.2, 0.25) is 5.91 Å². The molecule has 1 aromatic rings. The van der Waals surface area contributed by atoms with Crippen molar-refractivity contribution in [2.75, 3.05) is 20.2 Å². The van der Waals surface area contributed by atoms with Crippen LogP contribution in [0.4, 0.5) is 0 Å². The lowest BCUT2D eigenvalue weighted by Gasteiger charge is -2.39. The molecule has 2 rings (SSSR count). The van der Waals surface area contributed by atoms with Gasteiger partial charge in [-0.1, -0.05) is 37.6 Å². The maximum absolute atomic E-state index is 13.3. The number of amides is 1. The van der Waals surface area contributed by atoms with E-state index in [1.165, 1.54) is 7.11 Å². The van der Waals surface area contributed by atoms with Crippen LogP contribution in [0.5, 0.6) is 0 Å². The zero-order valence-corrected chi connectivity index (χ0v) is 15.4. The number of methoxy groups -OCH3 is 1. The summed E-state index contributed by atoms with van der Waals surface area (Å²) >= 11 is 6.00. The lowest BCUT2D eigenvalue weighted by Crippen LogP contribution is -2.50. The first kappa shape index (κ1) is 18.8. The van der Waals surface area contributed by atoms with Crippen LogP contribution in [0.1, 0.15) is 45.1 Å². The summed E-state index contributed by atoms with van der Waals surface area (Å²) < 4.78 is 4.82. The Morgan fingerprint density at radius 2 is 1.71 bits per heavy atom. The zero-order chi connectivity index (χ0) is 17.7. The Labute approximate surface area is 149 Å². The van der Waals surface area contributed by atoms with E-state index in [1.807, 2.05) is 29.2 Å². The van der Waals surface area contributed by atoms with Gasteiger partial charge >= 0.3 is 5.97 Å². The highest BCUT2D eigenvalue weighted by molar-refractivity contribution is 6.30. The maximum atomic E-state index is 13.3. The Morgan fingerprint density at radius 1 is 1.17 bits per heavy atom. The molecule has 1 heterocycles. The molecule has 0 atom stereocenters. The number of likely N-dealkylation sites (tertiary alicyclic amines) is 1. The zero-order valence-electron chi connectivity index (χ0n) is 14.7. The second kappa shape index (κ2) is 8.02. The second-order valence-corrected chi connectivity index (χ2v) is 6.82. The molecule has 0 bridgehead atoms. The number of piperidine rings is 1. The third-order valence-corrected chi connectivity index (χ3v) is 5.58. The van der Waals surface area contributed by atoms with Crippen molar-refractivity contribution in [3.8, 4) is 0 Å². The highest BCUT2D eigenvalue weighted by atomic mass is 35.5. The molecule has 1 aromatic carbocycles. The Hall–Kier alpha value is -1.55. The first-order valence-corrected chi connectivity index (χ1v) is 8.99. The number of carbonyl (C=O) groups excluding carboxylic acids is 2. The molecule has 1 amide bonds. The van der Waals surface area contributed by atoms with Crippen molar-refractivity contribution in [3.63, 3.8) is 0 Å². The summed E-state index contributed by atoms with van der Waals surface area (Å²) in [5.74, 6) is -0.109. The lowest BCUT2D eigenvalue weighted by atomic mass is 9.74. The topological polar surface area (TPSA) is 46.6 Å². The van der Waals surface area contributed by atoms with Gasteiger partial charge in [0, 0.05) is 18.1 Å². The molecule has 0 saturated carbocycles. The minimum atomic E-state index is -0.525. The number of benzene rings is 1. The fourth-order valence-electron chi connectivity index (χ4n) is 3.64. The Morgan fingerprint density at radius 3 is 2.17 bits per heavy atom. The summed E-state index contributed by atoms with van der Waals surface area (Å²) in [6.45, 7) is 5.32. The SMILES string of the molecule is CCC(CC)(C(=O)N1CCC(C(=O)OC)CC1)c1ccc(Cl)cc1. The van der Waals surface area contributed by atoms with Gasteiger partial charge in [0.1, 0.15) is 0 Å². The number of nitrogens with zero attached hydrogens (tertiary/aromatic N) is 1. The number of esters is 1. The van der Waals surface area contributed by atoms with Crippen LogP contribution in [0.15, 0.2) is 24.3 Å². The van der Waals surface area contributed by atoms with Crippen molar-refractivity contribution in [2.45, 2.75) is 44.9 Å². The molecule has 5 heteroatoms. The van der Waals surface area contributed by atoms with E-state index in [-0.39, 0.29) is 17.8 Å². The van der Waals surface area contributed by atoms with Gasteiger partial charge in [0.05, 0.1) is 18.4 Å². The Kier molecular flexibility index (Phi) is 6.27. The highest BCUT2D eigenvalue weighted by Gasteiger charge is 2.41. The summed E-state index contributed by atoms with van der Waals surface area (Å²) in [5, 5.41) is 0.672. The van der Waals surface area contributed by atoms with Crippen LogP contribution < -0.4 is 0 Å². The molecule has 1 aliphatic heterocycles. The van der Waals surface area contributed by atoms with Gasteiger partial charge < -0.3 is 9.64 Å². The molecule has 1 saturated heterocycles. The number of carbonyl (C=O) groups is 2. The summed E-state index contributed by atoms with van der Waals surface area (Å²) in [5.41, 5.74) is 0.486. The molecule has 132 valence electrons. The average Bonchev–Trinajstić information content (AvgIpc) is 2.63. The molecule has 0 unspecified atom stereocenters. The quantitative estimate of drug-likeness (QED) is 0.758.